The number of unbranched alkanes of at least 4 members (excludes halogenated alkanes) is 4. The zero-order valence-corrected chi connectivity index (χ0v) is 21.2. The molecule has 0 saturated heterocycles. The van der Waals surface area contributed by atoms with Gasteiger partial charge in [-0.1, -0.05) is 110 Å². The number of hydrogen-bond acceptors (Lipinski definition) is 3. The van der Waals surface area contributed by atoms with Crippen molar-refractivity contribution in [3.05, 3.63) is 91.0 Å². The molecule has 0 spiro atoms. The van der Waals surface area contributed by atoms with Gasteiger partial charge in [0.25, 0.3) is 10.1 Å². The Hall–Kier alpha value is -2.93. The molecule has 184 valence electrons. The number of rotatable bonds is 11. The summed E-state index contributed by atoms with van der Waals surface area (Å²) in [5.41, 5.74) is 5.37. The van der Waals surface area contributed by atoms with Crippen LogP contribution in [0.25, 0.3) is 33.9 Å². The molecule has 0 fully saturated rings. The van der Waals surface area contributed by atoms with E-state index in [1.807, 2.05) is 42.5 Å². The molecule has 3 aromatic carbocycles. The molecule has 0 unspecified atom stereocenters. The van der Waals surface area contributed by atoms with Gasteiger partial charge in [-0.15, -0.1) is 12.4 Å². The first-order valence-electron chi connectivity index (χ1n) is 11.7. The molecule has 0 aliphatic rings. The quantitative estimate of drug-likeness (QED) is 0.172. The van der Waals surface area contributed by atoms with Crippen LogP contribution in [0, 0.1) is 0 Å². The second-order valence-electron chi connectivity index (χ2n) is 8.44. The van der Waals surface area contributed by atoms with E-state index in [0.717, 1.165) is 66.1 Å². The van der Waals surface area contributed by atoms with Gasteiger partial charge in [-0.05, 0) is 12.8 Å². The Morgan fingerprint density at radius 2 is 1.14 bits per heavy atom. The van der Waals surface area contributed by atoms with Gasteiger partial charge in [-0.25, -0.2) is 4.98 Å². The largest absolute Gasteiger partial charge is 0.323 e. The molecule has 0 amide bonds. The Morgan fingerprint density at radius 1 is 0.657 bits per heavy atom. The fraction of sp³-hybridized carbons (Fsp3) is 0.250. The number of halogens is 1. The summed E-state index contributed by atoms with van der Waals surface area (Å²) in [6, 6.07) is 31.0. The minimum atomic E-state index is -3.87. The third kappa shape index (κ3) is 7.28. The highest BCUT2D eigenvalue weighted by molar-refractivity contribution is 7.85. The second-order valence-corrected chi connectivity index (χ2v) is 10.0. The average molecular weight is 511 g/mol. The van der Waals surface area contributed by atoms with E-state index in [1.165, 1.54) is 0 Å². The van der Waals surface area contributed by atoms with Crippen LogP contribution >= 0.6 is 12.4 Å². The number of nitrogens with zero attached hydrogens (tertiary/aromatic N) is 2. The maximum Gasteiger partial charge on any atom is 0.264 e. The Bertz CT molecular complexity index is 1290. The van der Waals surface area contributed by atoms with Crippen molar-refractivity contribution in [1.29, 1.82) is 0 Å². The lowest BCUT2D eigenvalue weighted by Gasteiger charge is -2.13. The van der Waals surface area contributed by atoms with Gasteiger partial charge in [0.05, 0.1) is 17.1 Å². The number of hydrogen-bond donors (Lipinski definition) is 1. The van der Waals surface area contributed by atoms with E-state index in [9.17, 15) is 8.42 Å². The van der Waals surface area contributed by atoms with E-state index in [0.29, 0.717) is 6.42 Å². The van der Waals surface area contributed by atoms with Crippen molar-refractivity contribution >= 4 is 22.5 Å². The Balaban J connectivity index is 0.00000342. The summed E-state index contributed by atoms with van der Waals surface area (Å²) >= 11 is 0. The van der Waals surface area contributed by atoms with Crippen molar-refractivity contribution in [1.82, 2.24) is 9.55 Å². The van der Waals surface area contributed by atoms with Crippen LogP contribution in [0.3, 0.4) is 0 Å². The predicted octanol–water partition coefficient (Wildman–Crippen LogP) is 7.14. The van der Waals surface area contributed by atoms with Gasteiger partial charge >= 0.3 is 0 Å². The lowest BCUT2D eigenvalue weighted by atomic mass is 10.0. The van der Waals surface area contributed by atoms with E-state index < -0.39 is 10.1 Å². The van der Waals surface area contributed by atoms with E-state index in [4.69, 9.17) is 9.54 Å². The van der Waals surface area contributed by atoms with E-state index in [2.05, 4.69) is 53.1 Å². The Kier molecular flexibility index (Phi) is 9.66. The van der Waals surface area contributed by atoms with Crippen LogP contribution in [0.5, 0.6) is 0 Å². The topological polar surface area (TPSA) is 72.2 Å². The van der Waals surface area contributed by atoms with Crippen LogP contribution < -0.4 is 0 Å². The van der Waals surface area contributed by atoms with Gasteiger partial charge in [-0.2, -0.15) is 8.42 Å². The molecular weight excluding hydrogens is 480 g/mol. The summed E-state index contributed by atoms with van der Waals surface area (Å²) < 4.78 is 33.1. The molecule has 1 N–H and O–H groups in total. The van der Waals surface area contributed by atoms with Gasteiger partial charge in [0.1, 0.15) is 5.82 Å². The first-order valence-corrected chi connectivity index (χ1v) is 13.4. The monoisotopic (exact) mass is 510 g/mol. The lowest BCUT2D eigenvalue weighted by molar-refractivity contribution is 0.478. The summed E-state index contributed by atoms with van der Waals surface area (Å²) in [6.07, 6.45) is 4.14. The number of benzene rings is 3. The molecule has 4 rings (SSSR count). The van der Waals surface area contributed by atoms with Gasteiger partial charge in [-0.3, -0.25) is 4.55 Å². The molecule has 35 heavy (non-hydrogen) atoms. The zero-order valence-electron chi connectivity index (χ0n) is 19.6. The van der Waals surface area contributed by atoms with Gasteiger partial charge in [0.2, 0.25) is 0 Å². The molecule has 0 atom stereocenters. The minimum Gasteiger partial charge on any atom is -0.323 e. The van der Waals surface area contributed by atoms with E-state index >= 15 is 0 Å². The first kappa shape index (κ1) is 26.7. The number of imidazole rings is 1. The second kappa shape index (κ2) is 12.7. The summed E-state index contributed by atoms with van der Waals surface area (Å²) in [4.78, 5) is 5.15. The summed E-state index contributed by atoms with van der Waals surface area (Å²) in [5, 5.41) is 0. The molecule has 7 heteroatoms. The fourth-order valence-corrected chi connectivity index (χ4v) is 4.82. The molecule has 0 bridgehead atoms. The maximum absolute atomic E-state index is 10.9. The third-order valence-electron chi connectivity index (χ3n) is 5.88. The van der Waals surface area contributed by atoms with Crippen LogP contribution in [0.1, 0.15) is 32.1 Å². The normalized spacial score (nSPS) is 11.2. The SMILES string of the molecule is Cl.O=S(=O)(O)CCCCCCCn1c(-c2ccccc2)nc(-c2ccccc2)c1-c1ccccc1. The predicted molar refractivity (Wildman–Crippen MR) is 145 cm³/mol. The first-order chi connectivity index (χ1) is 16.5. The van der Waals surface area contributed by atoms with Gasteiger partial charge < -0.3 is 4.57 Å². The molecule has 1 aromatic heterocycles. The average Bonchev–Trinajstić information content (AvgIpc) is 3.24. The lowest BCUT2D eigenvalue weighted by Crippen LogP contribution is -2.04. The van der Waals surface area contributed by atoms with Crippen LogP contribution in [-0.2, 0) is 16.7 Å². The van der Waals surface area contributed by atoms with E-state index in [1.54, 1.807) is 0 Å². The molecule has 0 radical (unpaired) electrons. The van der Waals surface area contributed by atoms with Crippen LogP contribution in [-0.4, -0.2) is 28.3 Å². The molecule has 0 aliphatic carbocycles. The van der Waals surface area contributed by atoms with Gasteiger partial charge in [0.15, 0.2) is 0 Å². The molecular formula is C28H31ClN2O3S. The number of aromatic nitrogens is 2. The molecule has 0 aliphatic heterocycles. The molecule has 0 saturated carbocycles. The van der Waals surface area contributed by atoms with Crippen LogP contribution in [0.15, 0.2) is 91.0 Å². The standard InChI is InChI=1S/C28H30N2O3S.ClH/c31-34(32,33)22-14-3-1-2-13-21-30-27(24-17-9-5-10-18-24)26(23-15-7-4-8-16-23)29-28(30)25-19-11-6-12-20-25;/h4-12,15-20H,1-3,13-14,21-22H2,(H,31,32,33);1H. The Morgan fingerprint density at radius 3 is 1.71 bits per heavy atom. The van der Waals surface area contributed by atoms with Crippen molar-refractivity contribution in [2.75, 3.05) is 5.75 Å². The van der Waals surface area contributed by atoms with Crippen LogP contribution in [0.4, 0.5) is 0 Å². The third-order valence-corrected chi connectivity index (χ3v) is 6.68. The Labute approximate surface area is 214 Å². The van der Waals surface area contributed by atoms with Gasteiger partial charge in [0, 0.05) is 23.2 Å². The van der Waals surface area contributed by atoms with Crippen molar-refractivity contribution in [2.45, 2.75) is 38.6 Å². The molecule has 4 aromatic rings. The van der Waals surface area contributed by atoms with Crippen molar-refractivity contribution < 1.29 is 13.0 Å². The molecule has 1 heterocycles. The van der Waals surface area contributed by atoms with E-state index in [-0.39, 0.29) is 18.2 Å². The fourth-order valence-electron chi connectivity index (χ4n) is 4.25. The van der Waals surface area contributed by atoms with Crippen molar-refractivity contribution in [3.63, 3.8) is 0 Å². The zero-order chi connectivity index (χ0) is 23.8. The van der Waals surface area contributed by atoms with Crippen molar-refractivity contribution in [3.8, 4) is 33.9 Å². The highest BCUT2D eigenvalue weighted by Gasteiger charge is 2.20. The minimum absolute atomic E-state index is 0. The highest BCUT2D eigenvalue weighted by atomic mass is 35.5. The summed E-state index contributed by atoms with van der Waals surface area (Å²) in [5.74, 6) is 0.787. The smallest absolute Gasteiger partial charge is 0.264 e. The van der Waals surface area contributed by atoms with Crippen molar-refractivity contribution in [2.24, 2.45) is 0 Å². The molecule has 5 nitrogen and oxygen atoms in total. The maximum atomic E-state index is 10.9. The summed E-state index contributed by atoms with van der Waals surface area (Å²) in [6.45, 7) is 0.812. The summed E-state index contributed by atoms with van der Waals surface area (Å²) in [7, 11) is -3.87. The van der Waals surface area contributed by atoms with Crippen LogP contribution in [0.2, 0.25) is 0 Å². The highest BCUT2D eigenvalue weighted by Crippen LogP contribution is 2.36.